The summed E-state index contributed by atoms with van der Waals surface area (Å²) >= 11 is 0. The smallest absolute Gasteiger partial charge is 0.131 e. The maximum absolute atomic E-state index is 13.9. The molecule has 112 valence electrons. The third-order valence-electron chi connectivity index (χ3n) is 4.25. The first-order chi connectivity index (χ1) is 9.47. The molecule has 4 heteroatoms. The Kier molecular flexibility index (Phi) is 5.00. The van der Waals surface area contributed by atoms with Gasteiger partial charge in [0.1, 0.15) is 11.6 Å². The molecule has 0 saturated carbocycles. The van der Waals surface area contributed by atoms with Crippen LogP contribution in [-0.4, -0.2) is 48.6 Å². The molecule has 0 spiro atoms. The Morgan fingerprint density at radius 2 is 2.00 bits per heavy atom. The lowest BCUT2D eigenvalue weighted by molar-refractivity contribution is 0.125. The molecule has 20 heavy (non-hydrogen) atoms. The summed E-state index contributed by atoms with van der Waals surface area (Å²) < 4.78 is 13.9. The van der Waals surface area contributed by atoms with Crippen molar-refractivity contribution < 1.29 is 9.50 Å². The van der Waals surface area contributed by atoms with Gasteiger partial charge in [-0.15, -0.1) is 0 Å². The van der Waals surface area contributed by atoms with E-state index in [1.54, 1.807) is 12.1 Å². The van der Waals surface area contributed by atoms with Crippen LogP contribution in [0.25, 0.3) is 0 Å². The lowest BCUT2D eigenvalue weighted by atomic mass is 9.94. The molecule has 1 fully saturated rings. The average Bonchev–Trinajstić information content (AvgIpc) is 2.38. The fourth-order valence-corrected chi connectivity index (χ4v) is 3.09. The second-order valence-electron chi connectivity index (χ2n) is 6.12. The summed E-state index contributed by atoms with van der Waals surface area (Å²) in [5, 5.41) is 9.29. The lowest BCUT2D eigenvalue weighted by Crippen LogP contribution is -2.38. The van der Waals surface area contributed by atoms with E-state index in [9.17, 15) is 9.50 Å². The highest BCUT2D eigenvalue weighted by atomic mass is 19.1. The van der Waals surface area contributed by atoms with Crippen LogP contribution in [0.5, 0.6) is 5.75 Å². The number of phenolic OH excluding ortho intramolecular Hbond substituents is 1. The summed E-state index contributed by atoms with van der Waals surface area (Å²) in [5.41, 5.74) is 0.675. The zero-order valence-corrected chi connectivity index (χ0v) is 12.6. The minimum Gasteiger partial charge on any atom is -0.508 e. The second-order valence-corrected chi connectivity index (χ2v) is 6.12. The number of aromatic hydroxyl groups is 1. The monoisotopic (exact) mass is 280 g/mol. The van der Waals surface area contributed by atoms with Crippen molar-refractivity contribution in [3.05, 3.63) is 29.6 Å². The van der Waals surface area contributed by atoms with Gasteiger partial charge in [0.2, 0.25) is 0 Å². The number of nitrogens with zero attached hydrogens (tertiary/aromatic N) is 2. The molecule has 2 rings (SSSR count). The van der Waals surface area contributed by atoms with Crippen molar-refractivity contribution in [3.8, 4) is 5.75 Å². The van der Waals surface area contributed by atoms with E-state index in [0.29, 0.717) is 5.56 Å². The van der Waals surface area contributed by atoms with Crippen LogP contribution in [0.2, 0.25) is 0 Å². The zero-order valence-electron chi connectivity index (χ0n) is 12.6. The fourth-order valence-electron chi connectivity index (χ4n) is 3.09. The minimum absolute atomic E-state index is 0.0110. The molecule has 1 saturated heterocycles. The molecule has 0 radical (unpaired) electrons. The summed E-state index contributed by atoms with van der Waals surface area (Å²) in [6.07, 6.45) is 2.34. The van der Waals surface area contributed by atoms with Crippen molar-refractivity contribution in [2.75, 3.05) is 33.7 Å². The van der Waals surface area contributed by atoms with E-state index in [-0.39, 0.29) is 17.6 Å². The number of likely N-dealkylation sites (tertiary alicyclic amines) is 1. The number of benzene rings is 1. The van der Waals surface area contributed by atoms with Gasteiger partial charge in [0, 0.05) is 24.2 Å². The number of rotatable bonds is 4. The van der Waals surface area contributed by atoms with Crippen molar-refractivity contribution >= 4 is 0 Å². The molecule has 1 aliphatic rings. The van der Waals surface area contributed by atoms with Gasteiger partial charge in [-0.25, -0.2) is 4.39 Å². The van der Waals surface area contributed by atoms with Crippen LogP contribution in [0, 0.1) is 11.7 Å². The van der Waals surface area contributed by atoms with Crippen LogP contribution in [0.3, 0.4) is 0 Å². The topological polar surface area (TPSA) is 26.7 Å². The summed E-state index contributed by atoms with van der Waals surface area (Å²) in [6.45, 7) is 5.21. The molecule has 1 aliphatic heterocycles. The summed E-state index contributed by atoms with van der Waals surface area (Å²) in [6, 6.07) is 4.52. The predicted octanol–water partition coefficient (Wildman–Crippen LogP) is 2.87. The van der Waals surface area contributed by atoms with Crippen molar-refractivity contribution in [3.63, 3.8) is 0 Å². The largest absolute Gasteiger partial charge is 0.508 e. The van der Waals surface area contributed by atoms with E-state index in [2.05, 4.69) is 23.9 Å². The van der Waals surface area contributed by atoms with E-state index >= 15 is 0 Å². The maximum Gasteiger partial charge on any atom is 0.131 e. The minimum atomic E-state index is -0.312. The Hall–Kier alpha value is -1.13. The summed E-state index contributed by atoms with van der Waals surface area (Å²) in [5.74, 6) is 0.425. The Balaban J connectivity index is 1.96. The van der Waals surface area contributed by atoms with E-state index in [4.69, 9.17) is 0 Å². The number of halogens is 1. The molecule has 0 bridgehead atoms. The van der Waals surface area contributed by atoms with Crippen molar-refractivity contribution in [1.82, 2.24) is 9.80 Å². The average molecular weight is 280 g/mol. The lowest BCUT2D eigenvalue weighted by Gasteiger charge is -2.37. The third kappa shape index (κ3) is 3.70. The summed E-state index contributed by atoms with van der Waals surface area (Å²) in [4.78, 5) is 4.57. The number of hydrogen-bond donors (Lipinski definition) is 1. The van der Waals surface area contributed by atoms with Crippen molar-refractivity contribution in [2.24, 2.45) is 5.92 Å². The van der Waals surface area contributed by atoms with Gasteiger partial charge < -0.3 is 10.0 Å². The number of phenols is 1. The first kappa shape index (κ1) is 15.3. The van der Waals surface area contributed by atoms with Gasteiger partial charge in [0.15, 0.2) is 0 Å². The van der Waals surface area contributed by atoms with E-state index in [1.165, 1.54) is 18.9 Å². The number of hydrogen-bond acceptors (Lipinski definition) is 3. The first-order valence-corrected chi connectivity index (χ1v) is 7.34. The van der Waals surface area contributed by atoms with Crippen LogP contribution in [0.1, 0.15) is 31.4 Å². The van der Waals surface area contributed by atoms with Gasteiger partial charge in [0.05, 0.1) is 0 Å². The fraction of sp³-hybridized carbons (Fsp3) is 0.625. The molecule has 0 aromatic heterocycles. The molecule has 1 atom stereocenters. The van der Waals surface area contributed by atoms with Gasteiger partial charge in [-0.2, -0.15) is 0 Å². The Labute approximate surface area is 121 Å². The second kappa shape index (κ2) is 6.55. The zero-order chi connectivity index (χ0) is 14.7. The van der Waals surface area contributed by atoms with Crippen LogP contribution in [0.15, 0.2) is 18.2 Å². The van der Waals surface area contributed by atoms with Gasteiger partial charge in [-0.05, 0) is 58.9 Å². The Bertz CT molecular complexity index is 442. The van der Waals surface area contributed by atoms with E-state index < -0.39 is 0 Å². The third-order valence-corrected chi connectivity index (χ3v) is 4.25. The normalized spacial score (nSPS) is 19.4. The number of piperidine rings is 1. The molecule has 1 unspecified atom stereocenters. The molecular formula is C16H25FN2O. The standard InChI is InChI=1S/C16H25FN2O/c1-12(15-5-4-14(20)10-16(15)17)19-8-6-13(7-9-19)11-18(2)3/h4-5,10,12-13,20H,6-9,11H2,1-3H3. The van der Waals surface area contributed by atoms with Crippen LogP contribution in [0.4, 0.5) is 4.39 Å². The molecule has 1 heterocycles. The van der Waals surface area contributed by atoms with Crippen molar-refractivity contribution in [2.45, 2.75) is 25.8 Å². The molecule has 0 amide bonds. The Morgan fingerprint density at radius 3 is 2.55 bits per heavy atom. The van der Waals surface area contributed by atoms with E-state index in [0.717, 1.165) is 25.6 Å². The van der Waals surface area contributed by atoms with Gasteiger partial charge in [0.25, 0.3) is 0 Å². The van der Waals surface area contributed by atoms with E-state index in [1.807, 2.05) is 6.92 Å². The Morgan fingerprint density at radius 1 is 1.35 bits per heavy atom. The van der Waals surface area contributed by atoms with Gasteiger partial charge in [-0.3, -0.25) is 4.90 Å². The summed E-state index contributed by atoms with van der Waals surface area (Å²) in [7, 11) is 4.22. The van der Waals surface area contributed by atoms with Crippen LogP contribution >= 0.6 is 0 Å². The highest BCUT2D eigenvalue weighted by Crippen LogP contribution is 2.29. The molecule has 0 aliphatic carbocycles. The molecular weight excluding hydrogens is 255 g/mol. The van der Waals surface area contributed by atoms with Gasteiger partial charge >= 0.3 is 0 Å². The quantitative estimate of drug-likeness (QED) is 0.918. The highest BCUT2D eigenvalue weighted by Gasteiger charge is 2.25. The SMILES string of the molecule is CC(c1ccc(O)cc1F)N1CCC(CN(C)C)CC1. The molecule has 1 N–H and O–H groups in total. The molecule has 1 aromatic rings. The predicted molar refractivity (Wildman–Crippen MR) is 79.3 cm³/mol. The maximum atomic E-state index is 13.9. The van der Waals surface area contributed by atoms with Gasteiger partial charge in [-0.1, -0.05) is 6.07 Å². The highest BCUT2D eigenvalue weighted by molar-refractivity contribution is 5.29. The first-order valence-electron chi connectivity index (χ1n) is 7.34. The molecule has 3 nitrogen and oxygen atoms in total. The van der Waals surface area contributed by atoms with Crippen LogP contribution < -0.4 is 0 Å². The molecule has 1 aromatic carbocycles. The van der Waals surface area contributed by atoms with Crippen molar-refractivity contribution in [1.29, 1.82) is 0 Å². The van der Waals surface area contributed by atoms with Crippen LogP contribution in [-0.2, 0) is 0 Å².